The lowest BCUT2D eigenvalue weighted by Crippen LogP contribution is -2.30. The SMILES string of the molecule is COc1cc(-c2ccnc(Nc3ccn[nH]3)n2)cc2c1N(C(=O)Cc1ccccc1Cl)CC2. The van der Waals surface area contributed by atoms with Crippen LogP contribution in [-0.2, 0) is 17.6 Å². The minimum absolute atomic E-state index is 0.0130. The third-order valence-electron chi connectivity index (χ3n) is 5.55. The summed E-state index contributed by atoms with van der Waals surface area (Å²) in [6.07, 6.45) is 4.31. The molecule has 9 heteroatoms. The lowest BCUT2D eigenvalue weighted by atomic mass is 10.0. The molecule has 0 radical (unpaired) electrons. The molecule has 2 aromatic heterocycles. The number of aromatic nitrogens is 4. The monoisotopic (exact) mass is 460 g/mol. The highest BCUT2D eigenvalue weighted by Crippen LogP contribution is 2.41. The first kappa shape index (κ1) is 21.0. The second-order valence-electron chi connectivity index (χ2n) is 7.61. The van der Waals surface area contributed by atoms with Crippen LogP contribution in [0.1, 0.15) is 11.1 Å². The fraction of sp³-hybridized carbons (Fsp3) is 0.167. The highest BCUT2D eigenvalue weighted by molar-refractivity contribution is 6.31. The number of nitrogens with zero attached hydrogens (tertiary/aromatic N) is 4. The van der Waals surface area contributed by atoms with Gasteiger partial charge in [-0.1, -0.05) is 29.8 Å². The first-order chi connectivity index (χ1) is 16.1. The Bertz CT molecular complexity index is 1310. The number of ether oxygens (including phenoxy) is 1. The number of methoxy groups -OCH3 is 1. The molecule has 166 valence electrons. The standard InChI is InChI=1S/C24H21ClN6O2/c1-33-20-13-17(19-6-9-26-24(28-19)29-21-7-10-27-30-21)12-16-8-11-31(23(16)20)22(32)14-15-4-2-3-5-18(15)25/h2-7,9-10,12-13H,8,11,14H2,1H3,(H2,26,27,28,29,30). The Kier molecular flexibility index (Phi) is 5.66. The van der Waals surface area contributed by atoms with Gasteiger partial charge in [0, 0.05) is 29.4 Å². The highest BCUT2D eigenvalue weighted by atomic mass is 35.5. The summed E-state index contributed by atoms with van der Waals surface area (Å²) in [4.78, 5) is 23.8. The largest absolute Gasteiger partial charge is 0.495 e. The Morgan fingerprint density at radius 1 is 1.21 bits per heavy atom. The molecule has 2 aromatic carbocycles. The van der Waals surface area contributed by atoms with Crippen LogP contribution in [0.15, 0.2) is 60.9 Å². The number of halogens is 1. The summed E-state index contributed by atoms with van der Waals surface area (Å²) in [6, 6.07) is 15.0. The van der Waals surface area contributed by atoms with Gasteiger partial charge in [0.25, 0.3) is 0 Å². The van der Waals surface area contributed by atoms with Crippen molar-refractivity contribution in [2.75, 3.05) is 23.9 Å². The summed E-state index contributed by atoms with van der Waals surface area (Å²) < 4.78 is 5.70. The molecule has 2 N–H and O–H groups in total. The van der Waals surface area contributed by atoms with Crippen molar-refractivity contribution >= 4 is 35.0 Å². The third kappa shape index (κ3) is 4.25. The fourth-order valence-electron chi connectivity index (χ4n) is 3.99. The number of amides is 1. The van der Waals surface area contributed by atoms with E-state index >= 15 is 0 Å². The Labute approximate surface area is 195 Å². The maximum Gasteiger partial charge on any atom is 0.231 e. The van der Waals surface area contributed by atoms with Crippen molar-refractivity contribution in [3.05, 3.63) is 77.1 Å². The Hall–Kier alpha value is -3.91. The molecule has 0 spiro atoms. The number of hydrogen-bond acceptors (Lipinski definition) is 6. The molecule has 33 heavy (non-hydrogen) atoms. The van der Waals surface area contributed by atoms with Crippen LogP contribution < -0.4 is 15.0 Å². The number of carbonyl (C=O) groups is 1. The van der Waals surface area contributed by atoms with Gasteiger partial charge in [-0.05, 0) is 41.8 Å². The molecular weight excluding hydrogens is 440 g/mol. The van der Waals surface area contributed by atoms with E-state index < -0.39 is 0 Å². The van der Waals surface area contributed by atoms with Crippen LogP contribution in [-0.4, -0.2) is 39.7 Å². The molecule has 1 aliphatic rings. The normalized spacial score (nSPS) is 12.5. The van der Waals surface area contributed by atoms with E-state index in [0.717, 1.165) is 34.5 Å². The van der Waals surface area contributed by atoms with Gasteiger partial charge in [-0.15, -0.1) is 0 Å². The molecule has 0 atom stereocenters. The van der Waals surface area contributed by atoms with Gasteiger partial charge < -0.3 is 15.0 Å². The van der Waals surface area contributed by atoms with E-state index in [1.54, 1.807) is 36.5 Å². The molecule has 0 aliphatic carbocycles. The Morgan fingerprint density at radius 2 is 2.09 bits per heavy atom. The number of benzene rings is 2. The van der Waals surface area contributed by atoms with Crippen molar-refractivity contribution in [3.63, 3.8) is 0 Å². The van der Waals surface area contributed by atoms with Crippen molar-refractivity contribution in [2.24, 2.45) is 0 Å². The zero-order chi connectivity index (χ0) is 22.8. The number of carbonyl (C=O) groups excluding carboxylic acids is 1. The summed E-state index contributed by atoms with van der Waals surface area (Å²) >= 11 is 6.26. The van der Waals surface area contributed by atoms with Crippen LogP contribution in [0.4, 0.5) is 17.5 Å². The third-order valence-corrected chi connectivity index (χ3v) is 5.92. The average Bonchev–Trinajstić information content (AvgIpc) is 3.50. The summed E-state index contributed by atoms with van der Waals surface area (Å²) in [6.45, 7) is 0.592. The van der Waals surface area contributed by atoms with Crippen LogP contribution in [0.25, 0.3) is 11.3 Å². The van der Waals surface area contributed by atoms with Crippen molar-refractivity contribution in [1.29, 1.82) is 0 Å². The van der Waals surface area contributed by atoms with Crippen LogP contribution in [0, 0.1) is 0 Å². The Morgan fingerprint density at radius 3 is 2.88 bits per heavy atom. The van der Waals surface area contributed by atoms with E-state index in [9.17, 15) is 4.79 Å². The molecule has 8 nitrogen and oxygen atoms in total. The van der Waals surface area contributed by atoms with Gasteiger partial charge in [-0.25, -0.2) is 9.97 Å². The van der Waals surface area contributed by atoms with Crippen LogP contribution in [0.2, 0.25) is 5.02 Å². The molecular formula is C24H21ClN6O2. The number of H-pyrrole nitrogens is 1. The van der Waals surface area contributed by atoms with Gasteiger partial charge in [-0.3, -0.25) is 9.89 Å². The number of hydrogen-bond donors (Lipinski definition) is 2. The van der Waals surface area contributed by atoms with Gasteiger partial charge >= 0.3 is 0 Å². The first-order valence-electron chi connectivity index (χ1n) is 10.5. The summed E-state index contributed by atoms with van der Waals surface area (Å²) in [7, 11) is 1.61. The second kappa shape index (κ2) is 8.91. The highest BCUT2D eigenvalue weighted by Gasteiger charge is 2.29. The zero-order valence-corrected chi connectivity index (χ0v) is 18.6. The molecule has 1 amide bonds. The Balaban J connectivity index is 1.44. The number of nitrogens with one attached hydrogen (secondary N) is 2. The quantitative estimate of drug-likeness (QED) is 0.442. The number of aromatic amines is 1. The van der Waals surface area contributed by atoms with E-state index in [1.165, 1.54) is 0 Å². The predicted molar refractivity (Wildman–Crippen MR) is 127 cm³/mol. The van der Waals surface area contributed by atoms with E-state index in [2.05, 4.69) is 31.5 Å². The molecule has 4 aromatic rings. The van der Waals surface area contributed by atoms with Crippen molar-refractivity contribution in [1.82, 2.24) is 20.2 Å². The molecule has 3 heterocycles. The van der Waals surface area contributed by atoms with Gasteiger partial charge in [0.2, 0.25) is 11.9 Å². The summed E-state index contributed by atoms with van der Waals surface area (Å²) in [5, 5.41) is 10.4. The zero-order valence-electron chi connectivity index (χ0n) is 17.9. The van der Waals surface area contributed by atoms with Gasteiger partial charge in [-0.2, -0.15) is 5.10 Å². The first-order valence-corrected chi connectivity index (χ1v) is 10.8. The predicted octanol–water partition coefficient (Wildman–Crippen LogP) is 4.40. The maximum atomic E-state index is 13.1. The minimum atomic E-state index is -0.0130. The molecule has 0 unspecified atom stereocenters. The van der Waals surface area contributed by atoms with Crippen molar-refractivity contribution in [3.8, 4) is 17.0 Å². The molecule has 1 aliphatic heterocycles. The van der Waals surface area contributed by atoms with Gasteiger partial charge in [0.05, 0.1) is 31.1 Å². The number of rotatable bonds is 6. The minimum Gasteiger partial charge on any atom is -0.495 e. The number of anilines is 3. The lowest BCUT2D eigenvalue weighted by Gasteiger charge is -2.21. The number of fused-ring (bicyclic) bond motifs is 1. The van der Waals surface area contributed by atoms with Gasteiger partial charge in [0.15, 0.2) is 0 Å². The van der Waals surface area contributed by atoms with Crippen LogP contribution in [0.3, 0.4) is 0 Å². The average molecular weight is 461 g/mol. The summed E-state index contributed by atoms with van der Waals surface area (Å²) in [5.74, 6) is 1.77. The van der Waals surface area contributed by atoms with E-state index in [-0.39, 0.29) is 12.3 Å². The maximum absolute atomic E-state index is 13.1. The van der Waals surface area contributed by atoms with Crippen LogP contribution in [0.5, 0.6) is 5.75 Å². The molecule has 0 saturated heterocycles. The van der Waals surface area contributed by atoms with E-state index in [4.69, 9.17) is 16.3 Å². The molecule has 0 bridgehead atoms. The van der Waals surface area contributed by atoms with Crippen molar-refractivity contribution < 1.29 is 9.53 Å². The summed E-state index contributed by atoms with van der Waals surface area (Å²) in [5.41, 5.74) is 4.29. The fourth-order valence-corrected chi connectivity index (χ4v) is 4.19. The lowest BCUT2D eigenvalue weighted by molar-refractivity contribution is -0.117. The van der Waals surface area contributed by atoms with E-state index in [1.807, 2.05) is 30.3 Å². The second-order valence-corrected chi connectivity index (χ2v) is 8.02. The van der Waals surface area contributed by atoms with Crippen molar-refractivity contribution in [2.45, 2.75) is 12.8 Å². The molecule has 0 fully saturated rings. The van der Waals surface area contributed by atoms with E-state index in [0.29, 0.717) is 29.1 Å². The molecule has 5 rings (SSSR count). The molecule has 0 saturated carbocycles. The topological polar surface area (TPSA) is 96.0 Å². The smallest absolute Gasteiger partial charge is 0.231 e. The van der Waals surface area contributed by atoms with Gasteiger partial charge in [0.1, 0.15) is 11.6 Å². The van der Waals surface area contributed by atoms with Crippen LogP contribution >= 0.6 is 11.6 Å².